The largest absolute Gasteiger partial charge is 0.457 e. The number of rotatable bonds is 5. The minimum Gasteiger partial charge on any atom is -0.457 e. The van der Waals surface area contributed by atoms with Crippen molar-refractivity contribution in [2.24, 2.45) is 27.2 Å². The molecule has 6 nitrogen and oxygen atoms in total. The van der Waals surface area contributed by atoms with Crippen LogP contribution in [0.15, 0.2) is 64.6 Å². The second-order valence-corrected chi connectivity index (χ2v) is 4.59. The topological polar surface area (TPSA) is 112 Å². The van der Waals surface area contributed by atoms with Gasteiger partial charge >= 0.3 is 0 Å². The van der Waals surface area contributed by atoms with E-state index >= 15 is 0 Å². The fourth-order valence-corrected chi connectivity index (χ4v) is 1.82. The van der Waals surface area contributed by atoms with Gasteiger partial charge in [0.2, 0.25) is 5.96 Å². The van der Waals surface area contributed by atoms with Crippen LogP contribution in [0.5, 0.6) is 11.5 Å². The van der Waals surface area contributed by atoms with Crippen molar-refractivity contribution < 1.29 is 4.74 Å². The van der Waals surface area contributed by atoms with E-state index < -0.39 is 0 Å². The number of aliphatic imine (C=N–C) groups is 2. The number of benzene rings is 2. The van der Waals surface area contributed by atoms with Gasteiger partial charge in [0.15, 0.2) is 5.96 Å². The van der Waals surface area contributed by atoms with Gasteiger partial charge in [-0.3, -0.25) is 4.99 Å². The van der Waals surface area contributed by atoms with E-state index in [1.165, 1.54) is 0 Å². The fourth-order valence-electron chi connectivity index (χ4n) is 1.82. The Hall–Kier alpha value is -2.73. The lowest BCUT2D eigenvalue weighted by Crippen LogP contribution is -2.26. The summed E-state index contributed by atoms with van der Waals surface area (Å²) in [5.41, 5.74) is 17.1. The van der Waals surface area contributed by atoms with Gasteiger partial charge in [0.25, 0.3) is 0 Å². The van der Waals surface area contributed by atoms with Crippen LogP contribution in [0.3, 0.4) is 0 Å². The van der Waals surface area contributed by atoms with Crippen LogP contribution < -0.4 is 21.9 Å². The van der Waals surface area contributed by atoms with Crippen molar-refractivity contribution in [2.45, 2.75) is 6.42 Å². The van der Waals surface area contributed by atoms with E-state index in [1.54, 1.807) is 0 Å². The van der Waals surface area contributed by atoms with Crippen molar-refractivity contribution in [3.05, 3.63) is 60.2 Å². The van der Waals surface area contributed by atoms with Gasteiger partial charge in [0.05, 0.1) is 0 Å². The summed E-state index contributed by atoms with van der Waals surface area (Å²) in [5.74, 6) is 1.59. The summed E-state index contributed by atoms with van der Waals surface area (Å²) in [5, 5.41) is 0. The Morgan fingerprint density at radius 1 is 0.870 bits per heavy atom. The summed E-state index contributed by atoms with van der Waals surface area (Å²) in [4.78, 5) is 7.71. The van der Waals surface area contributed by atoms with Crippen LogP contribution in [0.1, 0.15) is 5.56 Å². The summed E-state index contributed by atoms with van der Waals surface area (Å²) in [7, 11) is 0. The van der Waals surface area contributed by atoms with Crippen molar-refractivity contribution >= 4 is 24.3 Å². The quantitative estimate of drug-likeness (QED) is 0.574. The summed E-state index contributed by atoms with van der Waals surface area (Å²) in [6.45, 7) is 0.515. The van der Waals surface area contributed by atoms with Crippen LogP contribution in [-0.4, -0.2) is 18.5 Å². The maximum atomic E-state index is 5.73. The molecule has 0 heterocycles. The molecule has 6 N–H and O–H groups in total. The second kappa shape index (κ2) is 9.32. The van der Waals surface area contributed by atoms with E-state index in [1.807, 2.05) is 54.6 Å². The molecule has 0 saturated heterocycles. The summed E-state index contributed by atoms with van der Waals surface area (Å²) in [6.07, 6.45) is 0.742. The first-order chi connectivity index (χ1) is 10.6. The number of nitrogens with zero attached hydrogens (tertiary/aromatic N) is 2. The number of ether oxygens (including phenoxy) is 1. The van der Waals surface area contributed by atoms with Gasteiger partial charge < -0.3 is 21.9 Å². The van der Waals surface area contributed by atoms with Crippen LogP contribution in [0.2, 0.25) is 0 Å². The molecule has 0 aromatic heterocycles. The van der Waals surface area contributed by atoms with E-state index in [9.17, 15) is 0 Å². The Labute approximate surface area is 141 Å². The third-order valence-electron chi connectivity index (χ3n) is 2.82. The molecule has 0 fully saturated rings. The predicted octanol–water partition coefficient (Wildman–Crippen LogP) is 2.03. The van der Waals surface area contributed by atoms with Gasteiger partial charge in [-0.1, -0.05) is 30.3 Å². The van der Waals surface area contributed by atoms with Crippen LogP contribution >= 0.6 is 12.4 Å². The number of guanidine groups is 2. The zero-order chi connectivity index (χ0) is 15.8. The third-order valence-corrected chi connectivity index (χ3v) is 2.82. The molecule has 0 aliphatic rings. The van der Waals surface area contributed by atoms with Crippen LogP contribution in [-0.2, 0) is 6.42 Å². The molecule has 7 heteroatoms. The average molecular weight is 334 g/mol. The Morgan fingerprint density at radius 3 is 2.09 bits per heavy atom. The lowest BCUT2D eigenvalue weighted by atomic mass is 10.1. The summed E-state index contributed by atoms with van der Waals surface area (Å²) in [6, 6.07) is 17.5. The van der Waals surface area contributed by atoms with E-state index in [0.29, 0.717) is 6.54 Å². The maximum Gasteiger partial charge on any atom is 0.218 e. The lowest BCUT2D eigenvalue weighted by molar-refractivity contribution is 0.482. The van der Waals surface area contributed by atoms with E-state index in [4.69, 9.17) is 21.9 Å². The normalized spacial score (nSPS) is 10.5. The number of para-hydroxylation sites is 1. The Morgan fingerprint density at radius 2 is 1.48 bits per heavy atom. The first-order valence-corrected chi connectivity index (χ1v) is 6.85. The third kappa shape index (κ3) is 6.71. The molecule has 0 spiro atoms. The van der Waals surface area contributed by atoms with Gasteiger partial charge in [-0.15, -0.1) is 12.4 Å². The molecule has 0 aliphatic carbocycles. The molecule has 0 atom stereocenters. The first-order valence-electron chi connectivity index (χ1n) is 6.85. The summed E-state index contributed by atoms with van der Waals surface area (Å²) < 4.78 is 5.73. The molecule has 0 unspecified atom stereocenters. The Bertz CT molecular complexity index is 652. The smallest absolute Gasteiger partial charge is 0.218 e. The molecule has 2 aromatic carbocycles. The molecule has 0 radical (unpaired) electrons. The molecule has 0 bridgehead atoms. The van der Waals surface area contributed by atoms with Crippen molar-refractivity contribution in [2.75, 3.05) is 6.54 Å². The fraction of sp³-hybridized carbons (Fsp3) is 0.125. The molecular formula is C16H20ClN5O. The zero-order valence-corrected chi connectivity index (χ0v) is 13.4. The average Bonchev–Trinajstić information content (AvgIpc) is 2.49. The molecule has 122 valence electrons. The molecule has 23 heavy (non-hydrogen) atoms. The number of halogens is 1. The number of hydrogen-bond donors (Lipinski definition) is 3. The van der Waals surface area contributed by atoms with Crippen LogP contribution in [0.4, 0.5) is 0 Å². The monoisotopic (exact) mass is 333 g/mol. The van der Waals surface area contributed by atoms with Gasteiger partial charge in [0, 0.05) is 6.54 Å². The van der Waals surface area contributed by atoms with Gasteiger partial charge in [-0.25, -0.2) is 0 Å². The van der Waals surface area contributed by atoms with E-state index in [0.717, 1.165) is 23.5 Å². The molecular weight excluding hydrogens is 314 g/mol. The zero-order valence-electron chi connectivity index (χ0n) is 12.6. The van der Waals surface area contributed by atoms with Gasteiger partial charge in [-0.2, -0.15) is 4.99 Å². The highest BCUT2D eigenvalue weighted by atomic mass is 35.5. The minimum atomic E-state index is -0.0938. The number of nitrogens with two attached hydrogens (primary N) is 3. The highest BCUT2D eigenvalue weighted by molar-refractivity contribution is 5.92. The van der Waals surface area contributed by atoms with Crippen molar-refractivity contribution in [1.29, 1.82) is 0 Å². The molecule has 2 aromatic rings. The van der Waals surface area contributed by atoms with E-state index in [2.05, 4.69) is 9.98 Å². The highest BCUT2D eigenvalue weighted by Crippen LogP contribution is 2.21. The Balaban J connectivity index is 0.00000264. The first kappa shape index (κ1) is 18.3. The second-order valence-electron chi connectivity index (χ2n) is 4.59. The van der Waals surface area contributed by atoms with Crippen LogP contribution in [0.25, 0.3) is 0 Å². The standard InChI is InChI=1S/C16H19N5O.ClH/c17-15(18)21-16(19)20-11-10-12-6-8-14(9-7-12)22-13-4-2-1-3-5-13;/h1-9H,10-11H2,(H6,17,18,19,20,21);1H. The van der Waals surface area contributed by atoms with Crippen molar-refractivity contribution in [3.63, 3.8) is 0 Å². The molecule has 0 amide bonds. The lowest BCUT2D eigenvalue weighted by Gasteiger charge is -2.06. The van der Waals surface area contributed by atoms with Gasteiger partial charge in [-0.05, 0) is 36.2 Å². The molecule has 0 saturated carbocycles. The minimum absolute atomic E-state index is 0. The predicted molar refractivity (Wildman–Crippen MR) is 96.2 cm³/mol. The van der Waals surface area contributed by atoms with Crippen LogP contribution in [0, 0.1) is 0 Å². The molecule has 2 rings (SSSR count). The Kier molecular flexibility index (Phi) is 7.42. The summed E-state index contributed by atoms with van der Waals surface area (Å²) >= 11 is 0. The van der Waals surface area contributed by atoms with Gasteiger partial charge in [0.1, 0.15) is 11.5 Å². The highest BCUT2D eigenvalue weighted by Gasteiger charge is 1.98. The van der Waals surface area contributed by atoms with Crippen molar-refractivity contribution in [3.8, 4) is 11.5 Å². The number of hydrogen-bond acceptors (Lipinski definition) is 2. The SMILES string of the molecule is Cl.NC(N)=NC(N)=NCCc1ccc(Oc2ccccc2)cc1. The van der Waals surface area contributed by atoms with Crippen molar-refractivity contribution in [1.82, 2.24) is 0 Å². The maximum absolute atomic E-state index is 5.73. The molecule has 0 aliphatic heterocycles. The van der Waals surface area contributed by atoms with E-state index in [-0.39, 0.29) is 24.3 Å².